The third-order valence-corrected chi connectivity index (χ3v) is 2.45. The van der Waals surface area contributed by atoms with Gasteiger partial charge in [0.2, 0.25) is 0 Å². The zero-order valence-corrected chi connectivity index (χ0v) is 7.13. The van der Waals surface area contributed by atoms with E-state index in [1.54, 1.807) is 7.11 Å². The SMILES string of the molecule is CC[C@@H]1CC(OC)CN1C. The van der Waals surface area contributed by atoms with Crippen molar-refractivity contribution in [3.63, 3.8) is 0 Å². The Morgan fingerprint density at radius 2 is 2.30 bits per heavy atom. The Morgan fingerprint density at radius 1 is 1.60 bits per heavy atom. The molecule has 1 unspecified atom stereocenters. The van der Waals surface area contributed by atoms with Crippen molar-refractivity contribution in [2.45, 2.75) is 31.9 Å². The molecule has 1 aliphatic rings. The van der Waals surface area contributed by atoms with Crippen LogP contribution in [0.1, 0.15) is 19.8 Å². The minimum Gasteiger partial charge on any atom is -0.380 e. The van der Waals surface area contributed by atoms with Crippen molar-refractivity contribution < 1.29 is 4.74 Å². The van der Waals surface area contributed by atoms with Crippen LogP contribution in [-0.4, -0.2) is 37.7 Å². The van der Waals surface area contributed by atoms with E-state index in [2.05, 4.69) is 18.9 Å². The van der Waals surface area contributed by atoms with Crippen molar-refractivity contribution in [3.05, 3.63) is 0 Å². The Morgan fingerprint density at radius 3 is 2.60 bits per heavy atom. The van der Waals surface area contributed by atoms with Crippen LogP contribution < -0.4 is 0 Å². The molecule has 1 heterocycles. The fourth-order valence-electron chi connectivity index (χ4n) is 1.68. The molecular weight excluding hydrogens is 126 g/mol. The first-order chi connectivity index (χ1) is 4.77. The van der Waals surface area contributed by atoms with Crippen LogP contribution >= 0.6 is 0 Å². The number of hydrogen-bond donors (Lipinski definition) is 0. The van der Waals surface area contributed by atoms with Crippen molar-refractivity contribution in [2.24, 2.45) is 0 Å². The van der Waals surface area contributed by atoms with Crippen molar-refractivity contribution in [2.75, 3.05) is 20.7 Å². The van der Waals surface area contributed by atoms with E-state index in [1.807, 2.05) is 0 Å². The highest BCUT2D eigenvalue weighted by Gasteiger charge is 2.27. The lowest BCUT2D eigenvalue weighted by molar-refractivity contribution is 0.111. The van der Waals surface area contributed by atoms with Gasteiger partial charge in [0.25, 0.3) is 0 Å². The maximum Gasteiger partial charge on any atom is 0.0713 e. The normalized spacial score (nSPS) is 35.1. The van der Waals surface area contributed by atoms with Gasteiger partial charge in [-0.3, -0.25) is 0 Å². The van der Waals surface area contributed by atoms with Gasteiger partial charge in [-0.05, 0) is 19.9 Å². The van der Waals surface area contributed by atoms with E-state index in [4.69, 9.17) is 4.74 Å². The van der Waals surface area contributed by atoms with E-state index < -0.39 is 0 Å². The molecule has 2 nitrogen and oxygen atoms in total. The molecule has 1 saturated heterocycles. The molecule has 0 bridgehead atoms. The summed E-state index contributed by atoms with van der Waals surface area (Å²) in [6.07, 6.45) is 2.94. The highest BCUT2D eigenvalue weighted by Crippen LogP contribution is 2.19. The van der Waals surface area contributed by atoms with Gasteiger partial charge >= 0.3 is 0 Å². The third kappa shape index (κ3) is 1.50. The van der Waals surface area contributed by atoms with E-state index >= 15 is 0 Å². The van der Waals surface area contributed by atoms with Crippen molar-refractivity contribution in [1.82, 2.24) is 4.90 Å². The average molecular weight is 143 g/mol. The number of likely N-dealkylation sites (tertiary alicyclic amines) is 1. The zero-order chi connectivity index (χ0) is 7.56. The summed E-state index contributed by atoms with van der Waals surface area (Å²) in [5.74, 6) is 0. The van der Waals surface area contributed by atoms with Crippen molar-refractivity contribution in [3.8, 4) is 0 Å². The van der Waals surface area contributed by atoms with Crippen LogP contribution in [0.3, 0.4) is 0 Å². The Hall–Kier alpha value is -0.0800. The first-order valence-electron chi connectivity index (χ1n) is 4.01. The molecule has 2 heteroatoms. The van der Waals surface area contributed by atoms with Crippen molar-refractivity contribution in [1.29, 1.82) is 0 Å². The second-order valence-corrected chi connectivity index (χ2v) is 3.10. The van der Waals surface area contributed by atoms with Gasteiger partial charge in [-0.2, -0.15) is 0 Å². The van der Waals surface area contributed by atoms with Crippen LogP contribution in [-0.2, 0) is 4.74 Å². The number of rotatable bonds is 2. The van der Waals surface area contributed by atoms with Gasteiger partial charge in [0.05, 0.1) is 6.10 Å². The molecule has 0 amide bonds. The van der Waals surface area contributed by atoms with E-state index in [1.165, 1.54) is 12.8 Å². The quantitative estimate of drug-likeness (QED) is 0.574. The maximum atomic E-state index is 5.27. The minimum atomic E-state index is 0.481. The van der Waals surface area contributed by atoms with Crippen LogP contribution in [0.2, 0.25) is 0 Å². The molecular formula is C8H17NO. The lowest BCUT2D eigenvalue weighted by atomic mass is 10.1. The Bertz CT molecular complexity index is 105. The molecule has 0 aromatic carbocycles. The molecule has 0 radical (unpaired) electrons. The van der Waals surface area contributed by atoms with Crippen LogP contribution in [0.4, 0.5) is 0 Å². The summed E-state index contributed by atoms with van der Waals surface area (Å²) in [7, 11) is 3.98. The van der Waals surface area contributed by atoms with Gasteiger partial charge in [0.1, 0.15) is 0 Å². The van der Waals surface area contributed by atoms with Gasteiger partial charge in [-0.25, -0.2) is 0 Å². The predicted molar refractivity (Wildman–Crippen MR) is 42.1 cm³/mol. The molecule has 0 N–H and O–H groups in total. The molecule has 10 heavy (non-hydrogen) atoms. The number of ether oxygens (including phenoxy) is 1. The second kappa shape index (κ2) is 3.35. The smallest absolute Gasteiger partial charge is 0.0713 e. The molecule has 0 spiro atoms. The van der Waals surface area contributed by atoms with Gasteiger partial charge < -0.3 is 9.64 Å². The van der Waals surface area contributed by atoms with E-state index in [-0.39, 0.29) is 0 Å². The minimum absolute atomic E-state index is 0.481. The first-order valence-corrected chi connectivity index (χ1v) is 4.01. The second-order valence-electron chi connectivity index (χ2n) is 3.10. The van der Waals surface area contributed by atoms with E-state index in [9.17, 15) is 0 Å². The summed E-state index contributed by atoms with van der Waals surface area (Å²) >= 11 is 0. The summed E-state index contributed by atoms with van der Waals surface area (Å²) in [4.78, 5) is 2.38. The Labute approximate surface area is 63.2 Å². The summed E-state index contributed by atoms with van der Waals surface area (Å²) in [5.41, 5.74) is 0. The summed E-state index contributed by atoms with van der Waals surface area (Å²) in [5, 5.41) is 0. The molecule has 1 rings (SSSR count). The zero-order valence-electron chi connectivity index (χ0n) is 7.13. The first kappa shape index (κ1) is 8.02. The Balaban J connectivity index is 2.36. The standard InChI is InChI=1S/C8H17NO/c1-4-7-5-8(10-3)6-9(7)2/h7-8H,4-6H2,1-3H3/t7-,8?/m1/s1. The molecule has 1 aliphatic heterocycles. The van der Waals surface area contributed by atoms with E-state index in [0.29, 0.717) is 6.10 Å². The van der Waals surface area contributed by atoms with Crippen LogP contribution in [0, 0.1) is 0 Å². The molecule has 0 saturated carbocycles. The summed E-state index contributed by atoms with van der Waals surface area (Å²) < 4.78 is 5.27. The number of likely N-dealkylation sites (N-methyl/N-ethyl adjacent to an activating group) is 1. The number of hydrogen-bond acceptors (Lipinski definition) is 2. The van der Waals surface area contributed by atoms with Gasteiger partial charge in [-0.15, -0.1) is 0 Å². The highest BCUT2D eigenvalue weighted by molar-refractivity contribution is 4.82. The fourth-order valence-corrected chi connectivity index (χ4v) is 1.68. The summed E-state index contributed by atoms with van der Waals surface area (Å²) in [6, 6.07) is 0.755. The maximum absolute atomic E-state index is 5.27. The average Bonchev–Trinajstić information content (AvgIpc) is 2.30. The molecule has 2 atom stereocenters. The predicted octanol–water partition coefficient (Wildman–Crippen LogP) is 1.12. The highest BCUT2D eigenvalue weighted by atomic mass is 16.5. The lowest BCUT2D eigenvalue weighted by Crippen LogP contribution is -2.24. The molecule has 0 aromatic heterocycles. The lowest BCUT2D eigenvalue weighted by Gasteiger charge is -2.15. The van der Waals surface area contributed by atoms with Crippen LogP contribution in [0.15, 0.2) is 0 Å². The monoisotopic (exact) mass is 143 g/mol. The van der Waals surface area contributed by atoms with Gasteiger partial charge in [-0.1, -0.05) is 6.92 Å². The number of methoxy groups -OCH3 is 1. The van der Waals surface area contributed by atoms with Crippen LogP contribution in [0.5, 0.6) is 0 Å². The largest absolute Gasteiger partial charge is 0.380 e. The third-order valence-electron chi connectivity index (χ3n) is 2.45. The van der Waals surface area contributed by atoms with Crippen molar-refractivity contribution >= 4 is 0 Å². The topological polar surface area (TPSA) is 12.5 Å². The van der Waals surface area contributed by atoms with Crippen LogP contribution in [0.25, 0.3) is 0 Å². The number of nitrogens with zero attached hydrogens (tertiary/aromatic N) is 1. The molecule has 0 aliphatic carbocycles. The molecule has 0 aromatic rings. The summed E-state index contributed by atoms with van der Waals surface area (Å²) in [6.45, 7) is 3.34. The van der Waals surface area contributed by atoms with Gasteiger partial charge in [0, 0.05) is 19.7 Å². The Kier molecular flexibility index (Phi) is 2.69. The van der Waals surface area contributed by atoms with E-state index in [0.717, 1.165) is 12.6 Å². The molecule has 60 valence electrons. The fraction of sp³-hybridized carbons (Fsp3) is 1.00. The molecule has 1 fully saturated rings. The van der Waals surface area contributed by atoms with Gasteiger partial charge in [0.15, 0.2) is 0 Å².